The van der Waals surface area contributed by atoms with Gasteiger partial charge in [-0.2, -0.15) is 0 Å². The molecular formula is C12H14N2O. The number of anilines is 1. The van der Waals surface area contributed by atoms with E-state index in [1.807, 2.05) is 7.05 Å². The van der Waals surface area contributed by atoms with Crippen LogP contribution >= 0.6 is 0 Å². The van der Waals surface area contributed by atoms with Gasteiger partial charge in [-0.25, -0.2) is 0 Å². The number of nitrogens with two attached hydrogens (primary N) is 1. The first-order valence-corrected chi connectivity index (χ1v) is 4.69. The molecule has 0 aliphatic rings. The van der Waals surface area contributed by atoms with E-state index in [2.05, 4.69) is 17.2 Å². The molecule has 3 N–H and O–H groups in total. The molecule has 3 nitrogen and oxygen atoms in total. The van der Waals surface area contributed by atoms with Crippen molar-refractivity contribution in [3.05, 3.63) is 29.3 Å². The van der Waals surface area contributed by atoms with Crippen LogP contribution in [0.25, 0.3) is 0 Å². The lowest BCUT2D eigenvalue weighted by Crippen LogP contribution is -2.04. The number of ketones is 1. The van der Waals surface area contributed by atoms with Crippen LogP contribution in [0, 0.1) is 11.8 Å². The van der Waals surface area contributed by atoms with E-state index in [9.17, 15) is 4.79 Å². The molecule has 0 aliphatic heterocycles. The molecule has 0 saturated carbocycles. The summed E-state index contributed by atoms with van der Waals surface area (Å²) in [5.41, 5.74) is 7.69. The average molecular weight is 202 g/mol. The van der Waals surface area contributed by atoms with Crippen LogP contribution in [0.4, 0.5) is 5.69 Å². The standard InChI is InChI=1S/C12H14N2O/c1-9(15)11-6-5-10(12(13)8-11)4-3-7-14-2/h5-6,8,14H,7,13H2,1-2H3. The normalized spacial score (nSPS) is 9.20. The fraction of sp³-hybridized carbons (Fsp3) is 0.250. The second-order valence-corrected chi connectivity index (χ2v) is 3.19. The Kier molecular flexibility index (Phi) is 3.90. The number of hydrogen-bond acceptors (Lipinski definition) is 3. The molecular weight excluding hydrogens is 188 g/mol. The van der Waals surface area contributed by atoms with E-state index in [0.29, 0.717) is 17.8 Å². The molecule has 15 heavy (non-hydrogen) atoms. The van der Waals surface area contributed by atoms with Crippen molar-refractivity contribution in [2.75, 3.05) is 19.3 Å². The highest BCUT2D eigenvalue weighted by molar-refractivity contribution is 5.95. The van der Waals surface area contributed by atoms with Crippen molar-refractivity contribution in [2.24, 2.45) is 0 Å². The molecule has 0 fully saturated rings. The van der Waals surface area contributed by atoms with Crippen LogP contribution in [0.3, 0.4) is 0 Å². The molecule has 0 bridgehead atoms. The van der Waals surface area contributed by atoms with E-state index in [-0.39, 0.29) is 5.78 Å². The number of carbonyl (C=O) groups excluding carboxylic acids is 1. The van der Waals surface area contributed by atoms with E-state index < -0.39 is 0 Å². The van der Waals surface area contributed by atoms with Crippen LogP contribution in [-0.2, 0) is 0 Å². The summed E-state index contributed by atoms with van der Waals surface area (Å²) in [6.07, 6.45) is 0. The predicted molar refractivity (Wildman–Crippen MR) is 61.7 cm³/mol. The summed E-state index contributed by atoms with van der Waals surface area (Å²) in [4.78, 5) is 11.1. The van der Waals surface area contributed by atoms with E-state index in [1.165, 1.54) is 6.92 Å². The lowest BCUT2D eigenvalue weighted by atomic mass is 10.1. The number of nitrogens with one attached hydrogen (secondary N) is 1. The van der Waals surface area contributed by atoms with Crippen molar-refractivity contribution in [1.82, 2.24) is 5.32 Å². The maximum atomic E-state index is 11.1. The quantitative estimate of drug-likeness (QED) is 0.428. The maximum Gasteiger partial charge on any atom is 0.159 e. The third kappa shape index (κ3) is 3.12. The van der Waals surface area contributed by atoms with Crippen molar-refractivity contribution in [3.8, 4) is 11.8 Å². The van der Waals surface area contributed by atoms with Gasteiger partial charge in [-0.05, 0) is 26.1 Å². The van der Waals surface area contributed by atoms with Crippen LogP contribution in [-0.4, -0.2) is 19.4 Å². The Hall–Kier alpha value is -1.79. The molecule has 0 spiro atoms. The molecule has 0 amide bonds. The van der Waals surface area contributed by atoms with Gasteiger partial charge in [0.1, 0.15) is 0 Å². The van der Waals surface area contributed by atoms with Gasteiger partial charge < -0.3 is 11.1 Å². The molecule has 1 rings (SSSR count). The Labute approximate surface area is 89.7 Å². The Bertz CT molecular complexity index is 427. The molecule has 0 unspecified atom stereocenters. The number of rotatable bonds is 2. The molecule has 3 heteroatoms. The number of hydrogen-bond donors (Lipinski definition) is 2. The monoisotopic (exact) mass is 202 g/mol. The van der Waals surface area contributed by atoms with Gasteiger partial charge in [-0.1, -0.05) is 17.9 Å². The summed E-state index contributed by atoms with van der Waals surface area (Å²) in [5.74, 6) is 5.86. The summed E-state index contributed by atoms with van der Waals surface area (Å²) in [5, 5.41) is 2.92. The minimum absolute atomic E-state index is 0.0106. The van der Waals surface area contributed by atoms with Gasteiger partial charge in [0.25, 0.3) is 0 Å². The molecule has 0 radical (unpaired) electrons. The summed E-state index contributed by atoms with van der Waals surface area (Å²) in [7, 11) is 1.83. The van der Waals surface area contributed by atoms with Crippen molar-refractivity contribution in [1.29, 1.82) is 0 Å². The number of nitrogen functional groups attached to an aromatic ring is 1. The maximum absolute atomic E-state index is 11.1. The Morgan fingerprint density at radius 2 is 2.27 bits per heavy atom. The number of carbonyl (C=O) groups is 1. The molecule has 0 aliphatic carbocycles. The first-order valence-electron chi connectivity index (χ1n) is 4.69. The first-order chi connectivity index (χ1) is 7.15. The summed E-state index contributed by atoms with van der Waals surface area (Å²) >= 11 is 0. The lowest BCUT2D eigenvalue weighted by Gasteiger charge is -2.00. The van der Waals surface area contributed by atoms with Gasteiger partial charge in [-0.15, -0.1) is 0 Å². The van der Waals surface area contributed by atoms with Crippen molar-refractivity contribution in [2.45, 2.75) is 6.92 Å². The second-order valence-electron chi connectivity index (χ2n) is 3.19. The van der Waals surface area contributed by atoms with Crippen LogP contribution in [0.5, 0.6) is 0 Å². The van der Waals surface area contributed by atoms with E-state index in [0.717, 1.165) is 5.56 Å². The molecule has 1 aromatic carbocycles. The highest BCUT2D eigenvalue weighted by Gasteiger charge is 2.01. The van der Waals surface area contributed by atoms with Crippen molar-refractivity contribution < 1.29 is 4.79 Å². The number of Topliss-reactive ketones (excluding diaryl/α,β-unsaturated/α-hetero) is 1. The van der Waals surface area contributed by atoms with Gasteiger partial charge in [-0.3, -0.25) is 4.79 Å². The van der Waals surface area contributed by atoms with Gasteiger partial charge in [0.15, 0.2) is 5.78 Å². The highest BCUT2D eigenvalue weighted by atomic mass is 16.1. The van der Waals surface area contributed by atoms with E-state index in [4.69, 9.17) is 5.73 Å². The average Bonchev–Trinajstić information content (AvgIpc) is 2.20. The Morgan fingerprint density at radius 3 is 2.80 bits per heavy atom. The highest BCUT2D eigenvalue weighted by Crippen LogP contribution is 2.13. The third-order valence-electron chi connectivity index (χ3n) is 1.95. The smallest absolute Gasteiger partial charge is 0.159 e. The Balaban J connectivity index is 2.95. The first kappa shape index (κ1) is 11.3. The third-order valence-corrected chi connectivity index (χ3v) is 1.95. The molecule has 78 valence electrons. The molecule has 0 saturated heterocycles. The second kappa shape index (κ2) is 5.18. The zero-order valence-corrected chi connectivity index (χ0v) is 8.92. The number of benzene rings is 1. The molecule has 0 heterocycles. The summed E-state index contributed by atoms with van der Waals surface area (Å²) in [6, 6.07) is 5.17. The Morgan fingerprint density at radius 1 is 1.53 bits per heavy atom. The van der Waals surface area contributed by atoms with Crippen LogP contribution < -0.4 is 11.1 Å². The fourth-order valence-corrected chi connectivity index (χ4v) is 1.12. The van der Waals surface area contributed by atoms with Crippen molar-refractivity contribution in [3.63, 3.8) is 0 Å². The molecule has 0 atom stereocenters. The zero-order chi connectivity index (χ0) is 11.3. The van der Waals surface area contributed by atoms with Gasteiger partial charge in [0.05, 0.1) is 6.54 Å². The molecule has 0 aromatic heterocycles. The fourth-order valence-electron chi connectivity index (χ4n) is 1.12. The van der Waals surface area contributed by atoms with Gasteiger partial charge in [0, 0.05) is 16.8 Å². The van der Waals surface area contributed by atoms with Crippen LogP contribution in [0.2, 0.25) is 0 Å². The van der Waals surface area contributed by atoms with Crippen LogP contribution in [0.15, 0.2) is 18.2 Å². The van der Waals surface area contributed by atoms with Gasteiger partial charge >= 0.3 is 0 Å². The minimum atomic E-state index is 0.0106. The van der Waals surface area contributed by atoms with E-state index >= 15 is 0 Å². The van der Waals surface area contributed by atoms with Crippen LogP contribution in [0.1, 0.15) is 22.8 Å². The van der Waals surface area contributed by atoms with Gasteiger partial charge in [0.2, 0.25) is 0 Å². The molecule has 1 aromatic rings. The topological polar surface area (TPSA) is 55.1 Å². The van der Waals surface area contributed by atoms with E-state index in [1.54, 1.807) is 18.2 Å². The minimum Gasteiger partial charge on any atom is -0.398 e. The zero-order valence-electron chi connectivity index (χ0n) is 8.92. The lowest BCUT2D eigenvalue weighted by molar-refractivity contribution is 0.101. The van der Waals surface area contributed by atoms with Crippen molar-refractivity contribution >= 4 is 11.5 Å². The predicted octanol–water partition coefficient (Wildman–Crippen LogP) is 1.04. The SMILES string of the molecule is CNCC#Cc1ccc(C(C)=O)cc1N. The largest absolute Gasteiger partial charge is 0.398 e. The summed E-state index contributed by atoms with van der Waals surface area (Å²) < 4.78 is 0. The summed E-state index contributed by atoms with van der Waals surface area (Å²) in [6.45, 7) is 2.13.